The maximum absolute atomic E-state index is 5.92. The Morgan fingerprint density at radius 1 is 1.23 bits per heavy atom. The van der Waals surface area contributed by atoms with Crippen LogP contribution in [0.4, 0.5) is 0 Å². The van der Waals surface area contributed by atoms with Crippen molar-refractivity contribution in [3.05, 3.63) is 0 Å². The van der Waals surface area contributed by atoms with E-state index in [9.17, 15) is 0 Å². The number of hydrogen-bond donors (Lipinski definition) is 2. The first-order chi connectivity index (χ1) is 10.5. The minimum absolute atomic E-state index is 0.550. The third-order valence-corrected chi connectivity index (χ3v) is 4.02. The summed E-state index contributed by atoms with van der Waals surface area (Å²) in [7, 11) is 0. The highest BCUT2D eigenvalue weighted by atomic mass is 16.5. The van der Waals surface area contributed by atoms with E-state index in [-0.39, 0.29) is 0 Å². The predicted molar refractivity (Wildman–Crippen MR) is 93.3 cm³/mol. The smallest absolute Gasteiger partial charge is 0.188 e. The molecule has 3 N–H and O–H groups in total. The lowest BCUT2D eigenvalue weighted by molar-refractivity contribution is 0.0377. The van der Waals surface area contributed by atoms with E-state index >= 15 is 0 Å². The Kier molecular flexibility index (Phi) is 9.43. The minimum atomic E-state index is 0.550. The molecule has 1 saturated heterocycles. The molecule has 0 radical (unpaired) electrons. The summed E-state index contributed by atoms with van der Waals surface area (Å²) in [5, 5.41) is 3.21. The van der Waals surface area contributed by atoms with E-state index < -0.39 is 0 Å². The van der Waals surface area contributed by atoms with Crippen LogP contribution in [-0.2, 0) is 4.74 Å². The number of rotatable bonds is 9. The Hall–Kier alpha value is -0.850. The Balaban J connectivity index is 2.11. The van der Waals surface area contributed by atoms with Gasteiger partial charge in [-0.05, 0) is 34.1 Å². The van der Waals surface area contributed by atoms with E-state index in [0.29, 0.717) is 18.0 Å². The maximum Gasteiger partial charge on any atom is 0.188 e. The van der Waals surface area contributed by atoms with Crippen molar-refractivity contribution in [2.45, 2.75) is 46.2 Å². The molecule has 1 aliphatic rings. The highest BCUT2D eigenvalue weighted by molar-refractivity contribution is 5.77. The van der Waals surface area contributed by atoms with Crippen molar-refractivity contribution in [3.8, 4) is 0 Å². The van der Waals surface area contributed by atoms with Crippen molar-refractivity contribution in [1.29, 1.82) is 0 Å². The minimum Gasteiger partial charge on any atom is -0.379 e. The second kappa shape index (κ2) is 10.8. The summed E-state index contributed by atoms with van der Waals surface area (Å²) in [4.78, 5) is 9.27. The molecule has 0 aromatic rings. The van der Waals surface area contributed by atoms with Gasteiger partial charge in [0.2, 0.25) is 0 Å². The zero-order valence-corrected chi connectivity index (χ0v) is 14.8. The fourth-order valence-corrected chi connectivity index (χ4v) is 2.80. The van der Waals surface area contributed by atoms with Gasteiger partial charge in [0.1, 0.15) is 0 Å². The van der Waals surface area contributed by atoms with Crippen LogP contribution in [0.5, 0.6) is 0 Å². The Morgan fingerprint density at radius 3 is 2.45 bits per heavy atom. The molecule has 1 heterocycles. The predicted octanol–water partition coefficient (Wildman–Crippen LogP) is 0.732. The van der Waals surface area contributed by atoms with Crippen LogP contribution in [0.15, 0.2) is 4.99 Å². The average Bonchev–Trinajstić information content (AvgIpc) is 2.48. The van der Waals surface area contributed by atoms with Gasteiger partial charge in [0, 0.05) is 51.4 Å². The van der Waals surface area contributed by atoms with Gasteiger partial charge in [0.15, 0.2) is 5.96 Å². The Morgan fingerprint density at radius 2 is 1.86 bits per heavy atom. The molecule has 0 aromatic heterocycles. The molecule has 0 unspecified atom stereocenters. The maximum atomic E-state index is 5.92. The number of nitrogens with one attached hydrogen (secondary N) is 1. The standard InChI is InChI=1S/C16H35N5O/c1-14(2)21(15(3)4)9-7-19-16(17)18-6-5-8-20-10-12-22-13-11-20/h14-15H,5-13H2,1-4H3,(H3,17,18,19). The molecule has 1 fully saturated rings. The first-order valence-electron chi connectivity index (χ1n) is 8.60. The van der Waals surface area contributed by atoms with E-state index in [1.807, 2.05) is 0 Å². The lowest BCUT2D eigenvalue weighted by Crippen LogP contribution is -2.44. The Bertz CT molecular complexity index is 306. The summed E-state index contributed by atoms with van der Waals surface area (Å²) in [6, 6.07) is 1.10. The van der Waals surface area contributed by atoms with Gasteiger partial charge in [-0.3, -0.25) is 14.8 Å². The molecule has 0 atom stereocenters. The van der Waals surface area contributed by atoms with Gasteiger partial charge in [0.25, 0.3) is 0 Å². The zero-order valence-electron chi connectivity index (χ0n) is 14.8. The SMILES string of the molecule is CC(C)N(CCNC(N)=NCCCN1CCOCC1)C(C)C. The molecule has 0 aromatic carbocycles. The molecule has 6 nitrogen and oxygen atoms in total. The highest BCUT2D eigenvalue weighted by Crippen LogP contribution is 2.03. The number of ether oxygens (including phenoxy) is 1. The van der Waals surface area contributed by atoms with Crippen LogP contribution in [0.1, 0.15) is 34.1 Å². The first kappa shape index (κ1) is 19.2. The van der Waals surface area contributed by atoms with Crippen LogP contribution >= 0.6 is 0 Å². The van der Waals surface area contributed by atoms with Crippen molar-refractivity contribution in [2.24, 2.45) is 10.7 Å². The van der Waals surface area contributed by atoms with E-state index in [1.54, 1.807) is 0 Å². The number of aliphatic imine (C=N–C) groups is 1. The zero-order chi connectivity index (χ0) is 16.4. The number of nitrogens with two attached hydrogens (primary N) is 1. The van der Waals surface area contributed by atoms with E-state index in [4.69, 9.17) is 10.5 Å². The topological polar surface area (TPSA) is 66.1 Å². The Labute approximate surface area is 136 Å². The van der Waals surface area contributed by atoms with Crippen LogP contribution in [0.3, 0.4) is 0 Å². The summed E-state index contributed by atoms with van der Waals surface area (Å²) < 4.78 is 5.34. The third kappa shape index (κ3) is 7.96. The van der Waals surface area contributed by atoms with E-state index in [2.05, 4.69) is 47.8 Å². The van der Waals surface area contributed by atoms with Gasteiger partial charge in [-0.1, -0.05) is 0 Å². The largest absolute Gasteiger partial charge is 0.379 e. The van der Waals surface area contributed by atoms with Crippen LogP contribution in [-0.4, -0.2) is 80.3 Å². The second-order valence-corrected chi connectivity index (χ2v) is 6.43. The van der Waals surface area contributed by atoms with Crippen LogP contribution in [0.2, 0.25) is 0 Å². The number of morpholine rings is 1. The molecule has 130 valence electrons. The number of guanidine groups is 1. The molecule has 1 aliphatic heterocycles. The molecule has 0 amide bonds. The van der Waals surface area contributed by atoms with Gasteiger partial charge >= 0.3 is 0 Å². The summed E-state index contributed by atoms with van der Waals surface area (Å²) in [5.41, 5.74) is 5.92. The summed E-state index contributed by atoms with van der Waals surface area (Å²) in [6.07, 6.45) is 1.05. The second-order valence-electron chi connectivity index (χ2n) is 6.43. The van der Waals surface area contributed by atoms with Crippen molar-refractivity contribution >= 4 is 5.96 Å². The van der Waals surface area contributed by atoms with Crippen LogP contribution in [0, 0.1) is 0 Å². The molecule has 0 saturated carbocycles. The molecular formula is C16H35N5O. The molecule has 1 rings (SSSR count). The van der Waals surface area contributed by atoms with Crippen molar-refractivity contribution in [3.63, 3.8) is 0 Å². The van der Waals surface area contributed by atoms with Gasteiger partial charge in [-0.25, -0.2) is 0 Å². The summed E-state index contributed by atoms with van der Waals surface area (Å²) in [6.45, 7) is 16.4. The molecule has 6 heteroatoms. The van der Waals surface area contributed by atoms with Gasteiger partial charge in [-0.15, -0.1) is 0 Å². The van der Waals surface area contributed by atoms with Crippen molar-refractivity contribution < 1.29 is 4.74 Å². The van der Waals surface area contributed by atoms with Crippen molar-refractivity contribution in [1.82, 2.24) is 15.1 Å². The first-order valence-corrected chi connectivity index (χ1v) is 8.60. The molecular weight excluding hydrogens is 278 g/mol. The van der Waals surface area contributed by atoms with Crippen molar-refractivity contribution in [2.75, 3.05) is 52.5 Å². The van der Waals surface area contributed by atoms with Gasteiger partial charge < -0.3 is 15.8 Å². The van der Waals surface area contributed by atoms with Gasteiger partial charge in [-0.2, -0.15) is 0 Å². The molecule has 0 bridgehead atoms. The van der Waals surface area contributed by atoms with E-state index in [0.717, 1.165) is 58.9 Å². The van der Waals surface area contributed by atoms with Crippen LogP contribution in [0.25, 0.3) is 0 Å². The fourth-order valence-electron chi connectivity index (χ4n) is 2.80. The van der Waals surface area contributed by atoms with E-state index in [1.165, 1.54) is 0 Å². The average molecular weight is 313 g/mol. The van der Waals surface area contributed by atoms with Gasteiger partial charge in [0.05, 0.1) is 13.2 Å². The lowest BCUT2D eigenvalue weighted by Gasteiger charge is -2.30. The highest BCUT2D eigenvalue weighted by Gasteiger charge is 2.12. The number of hydrogen-bond acceptors (Lipinski definition) is 4. The normalized spacial score (nSPS) is 17.7. The molecule has 0 spiro atoms. The quantitative estimate of drug-likeness (QED) is 0.373. The monoisotopic (exact) mass is 313 g/mol. The third-order valence-electron chi connectivity index (χ3n) is 4.02. The van der Waals surface area contributed by atoms with Crippen LogP contribution < -0.4 is 11.1 Å². The number of nitrogens with zero attached hydrogens (tertiary/aromatic N) is 3. The molecule has 22 heavy (non-hydrogen) atoms. The fraction of sp³-hybridized carbons (Fsp3) is 0.938. The lowest BCUT2D eigenvalue weighted by atomic mass is 10.2. The molecule has 0 aliphatic carbocycles. The summed E-state index contributed by atoms with van der Waals surface area (Å²) in [5.74, 6) is 0.564. The summed E-state index contributed by atoms with van der Waals surface area (Å²) >= 11 is 0.